The van der Waals surface area contributed by atoms with E-state index in [1.807, 2.05) is 6.07 Å². The van der Waals surface area contributed by atoms with Crippen molar-refractivity contribution >= 4 is 34.8 Å². The molecule has 1 aromatic carbocycles. The number of nitrogens with zero attached hydrogens (tertiary/aromatic N) is 4. The van der Waals surface area contributed by atoms with Gasteiger partial charge in [0.25, 0.3) is 0 Å². The number of fused-ring (bicyclic) bond motifs is 2. The zero-order valence-electron chi connectivity index (χ0n) is 19.3. The van der Waals surface area contributed by atoms with Crippen LogP contribution in [-0.2, 0) is 9.53 Å². The first kappa shape index (κ1) is 22.5. The van der Waals surface area contributed by atoms with Crippen molar-refractivity contribution in [2.24, 2.45) is 0 Å². The van der Waals surface area contributed by atoms with Gasteiger partial charge in [-0.2, -0.15) is 0 Å². The van der Waals surface area contributed by atoms with Crippen molar-refractivity contribution in [3.8, 4) is 17.4 Å². The van der Waals surface area contributed by atoms with Crippen LogP contribution in [-0.4, -0.2) is 73.4 Å². The number of carbonyl (C=O) groups excluding carboxylic acids is 2. The average molecular weight is 476 g/mol. The fourth-order valence-electron chi connectivity index (χ4n) is 3.99. The fourth-order valence-corrected chi connectivity index (χ4v) is 3.99. The number of pyridine rings is 2. The van der Waals surface area contributed by atoms with Gasteiger partial charge in [-0.15, -0.1) is 0 Å². The number of hydrogen-bond donors (Lipinski definition) is 0. The lowest BCUT2D eigenvalue weighted by Crippen LogP contribution is -2.35. The maximum atomic E-state index is 12.8. The molecule has 180 valence electrons. The Morgan fingerprint density at radius 3 is 2.86 bits per heavy atom. The molecular formula is C25H24N4O6. The van der Waals surface area contributed by atoms with Crippen molar-refractivity contribution in [3.05, 3.63) is 54.2 Å². The minimum Gasteiger partial charge on any atom is -0.486 e. The Morgan fingerprint density at radius 1 is 1.20 bits per heavy atom. The molecule has 1 atom stereocenters. The van der Waals surface area contributed by atoms with Crippen molar-refractivity contribution in [1.29, 1.82) is 0 Å². The van der Waals surface area contributed by atoms with Crippen LogP contribution >= 0.6 is 0 Å². The summed E-state index contributed by atoms with van der Waals surface area (Å²) in [4.78, 5) is 37.0. The summed E-state index contributed by atoms with van der Waals surface area (Å²) in [5.74, 6) is 1.48. The lowest BCUT2D eigenvalue weighted by atomic mass is 10.2. The van der Waals surface area contributed by atoms with Crippen LogP contribution < -0.4 is 19.1 Å². The molecule has 0 spiro atoms. The van der Waals surface area contributed by atoms with Gasteiger partial charge in [0, 0.05) is 37.0 Å². The van der Waals surface area contributed by atoms with Crippen LogP contribution in [0.15, 0.2) is 48.7 Å². The van der Waals surface area contributed by atoms with Crippen LogP contribution in [0.2, 0.25) is 0 Å². The molecule has 0 N–H and O–H groups in total. The van der Waals surface area contributed by atoms with Crippen LogP contribution in [0.1, 0.15) is 5.56 Å². The second-order valence-electron chi connectivity index (χ2n) is 8.12. The SMILES string of the molecule is COc1ccc2nccc(C=CC(=O)N(C)CC3CN(c4ccc5c(c4)OCCO5)C(=O)O3)c2n1. The van der Waals surface area contributed by atoms with Crippen molar-refractivity contribution in [2.75, 3.05) is 45.4 Å². The lowest BCUT2D eigenvalue weighted by molar-refractivity contribution is -0.125. The summed E-state index contributed by atoms with van der Waals surface area (Å²) in [5.41, 5.74) is 2.74. The van der Waals surface area contributed by atoms with Gasteiger partial charge in [0.2, 0.25) is 11.8 Å². The van der Waals surface area contributed by atoms with Crippen LogP contribution in [0.25, 0.3) is 17.1 Å². The topological polar surface area (TPSA) is 103 Å². The van der Waals surface area contributed by atoms with Crippen molar-refractivity contribution in [2.45, 2.75) is 6.10 Å². The summed E-state index contributed by atoms with van der Waals surface area (Å²) in [6, 6.07) is 10.7. The van der Waals surface area contributed by atoms with Gasteiger partial charge in [0.1, 0.15) is 19.3 Å². The number of rotatable bonds is 6. The number of amides is 2. The van der Waals surface area contributed by atoms with Crippen LogP contribution in [0.5, 0.6) is 17.4 Å². The van der Waals surface area contributed by atoms with E-state index in [-0.39, 0.29) is 12.5 Å². The molecular weight excluding hydrogens is 452 g/mol. The van der Waals surface area contributed by atoms with Crippen molar-refractivity contribution in [1.82, 2.24) is 14.9 Å². The highest BCUT2D eigenvalue weighted by molar-refractivity contribution is 5.95. The first-order valence-electron chi connectivity index (χ1n) is 11.1. The number of carbonyl (C=O) groups is 2. The standard InChI is InChI=1S/C25H24N4O6/c1-28(23(30)8-3-16-9-10-26-19-5-7-22(32-2)27-24(16)19)14-18-15-29(25(31)35-18)17-4-6-20-21(13-17)34-12-11-33-20/h3-10,13,18H,11-12,14-15H2,1-2H3. The number of benzene rings is 1. The Morgan fingerprint density at radius 2 is 2.03 bits per heavy atom. The van der Waals surface area contributed by atoms with E-state index in [9.17, 15) is 9.59 Å². The summed E-state index contributed by atoms with van der Waals surface area (Å²) in [5, 5.41) is 0. The van der Waals surface area contributed by atoms with Gasteiger partial charge < -0.3 is 23.8 Å². The van der Waals surface area contributed by atoms with Gasteiger partial charge in [-0.1, -0.05) is 0 Å². The molecule has 0 aliphatic carbocycles. The average Bonchev–Trinajstić information content (AvgIpc) is 3.26. The molecule has 1 fully saturated rings. The van der Waals surface area contributed by atoms with E-state index in [2.05, 4.69) is 9.97 Å². The molecule has 35 heavy (non-hydrogen) atoms. The van der Waals surface area contributed by atoms with Gasteiger partial charge in [-0.05, 0) is 30.3 Å². The van der Waals surface area contributed by atoms with Crippen molar-refractivity contribution < 1.29 is 28.5 Å². The first-order valence-corrected chi connectivity index (χ1v) is 11.1. The minimum absolute atomic E-state index is 0.230. The molecule has 5 rings (SSSR count). The Bertz CT molecular complexity index is 1310. The monoisotopic (exact) mass is 476 g/mol. The molecule has 3 aromatic rings. The third-order valence-corrected chi connectivity index (χ3v) is 5.77. The van der Waals surface area contributed by atoms with Crippen LogP contribution in [0, 0.1) is 0 Å². The summed E-state index contributed by atoms with van der Waals surface area (Å²) in [6.07, 6.45) is 3.88. The summed E-state index contributed by atoms with van der Waals surface area (Å²) in [7, 11) is 3.21. The molecule has 1 saturated heterocycles. The van der Waals surface area contributed by atoms with Gasteiger partial charge in [-0.25, -0.2) is 9.78 Å². The van der Waals surface area contributed by atoms with Gasteiger partial charge in [-0.3, -0.25) is 14.7 Å². The molecule has 2 amide bonds. The van der Waals surface area contributed by atoms with Crippen molar-refractivity contribution in [3.63, 3.8) is 0 Å². The van der Waals surface area contributed by atoms with E-state index in [4.69, 9.17) is 18.9 Å². The van der Waals surface area contributed by atoms with E-state index in [0.717, 1.165) is 5.56 Å². The highest BCUT2D eigenvalue weighted by Crippen LogP contribution is 2.35. The zero-order chi connectivity index (χ0) is 24.4. The zero-order valence-corrected chi connectivity index (χ0v) is 19.3. The quantitative estimate of drug-likeness (QED) is 0.501. The molecule has 4 heterocycles. The van der Waals surface area contributed by atoms with E-state index in [1.54, 1.807) is 56.8 Å². The predicted octanol–water partition coefficient (Wildman–Crippen LogP) is 2.91. The number of likely N-dealkylation sites (N-methyl/N-ethyl adjacent to an activating group) is 1. The molecule has 2 aliphatic heterocycles. The largest absolute Gasteiger partial charge is 0.486 e. The van der Waals surface area contributed by atoms with E-state index in [0.29, 0.717) is 53.9 Å². The molecule has 2 aromatic heterocycles. The number of ether oxygens (including phenoxy) is 4. The van der Waals surface area contributed by atoms with Gasteiger partial charge in [0.05, 0.1) is 36.9 Å². The lowest BCUT2D eigenvalue weighted by Gasteiger charge is -2.21. The Hall–Kier alpha value is -4.34. The molecule has 0 saturated carbocycles. The summed E-state index contributed by atoms with van der Waals surface area (Å²) in [6.45, 7) is 1.53. The van der Waals surface area contributed by atoms with Crippen LogP contribution in [0.3, 0.4) is 0 Å². The summed E-state index contributed by atoms with van der Waals surface area (Å²) < 4.78 is 21.8. The second-order valence-corrected chi connectivity index (χ2v) is 8.12. The molecule has 0 bridgehead atoms. The predicted molar refractivity (Wildman–Crippen MR) is 128 cm³/mol. The molecule has 2 aliphatic rings. The number of methoxy groups -OCH3 is 1. The molecule has 10 nitrogen and oxygen atoms in total. The summed E-state index contributed by atoms with van der Waals surface area (Å²) >= 11 is 0. The van der Waals surface area contributed by atoms with E-state index < -0.39 is 12.2 Å². The maximum Gasteiger partial charge on any atom is 0.414 e. The number of cyclic esters (lactones) is 1. The Balaban J connectivity index is 1.24. The molecule has 1 unspecified atom stereocenters. The Kier molecular flexibility index (Phi) is 6.09. The van der Waals surface area contributed by atoms with E-state index >= 15 is 0 Å². The van der Waals surface area contributed by atoms with Crippen LogP contribution in [0.4, 0.5) is 10.5 Å². The third-order valence-electron chi connectivity index (χ3n) is 5.77. The Labute approximate surface area is 201 Å². The smallest absolute Gasteiger partial charge is 0.414 e. The highest BCUT2D eigenvalue weighted by Gasteiger charge is 2.34. The normalized spacial score (nSPS) is 17.0. The second kappa shape index (κ2) is 9.49. The van der Waals surface area contributed by atoms with Gasteiger partial charge >= 0.3 is 6.09 Å². The molecule has 0 radical (unpaired) electrons. The van der Waals surface area contributed by atoms with Gasteiger partial charge in [0.15, 0.2) is 11.5 Å². The van der Waals surface area contributed by atoms with E-state index in [1.165, 1.54) is 15.9 Å². The fraction of sp³-hybridized carbons (Fsp3) is 0.280. The maximum absolute atomic E-state index is 12.8. The highest BCUT2D eigenvalue weighted by atomic mass is 16.6. The number of anilines is 1. The number of aromatic nitrogens is 2. The third kappa shape index (κ3) is 4.68. The first-order chi connectivity index (χ1) is 17.0. The number of hydrogen-bond acceptors (Lipinski definition) is 8. The molecule has 10 heteroatoms. The minimum atomic E-state index is -0.467.